The number of aliphatic hydroxyl groups excluding tert-OH is 1. The third kappa shape index (κ3) is 1.57. The van der Waals surface area contributed by atoms with Crippen molar-refractivity contribution in [1.82, 2.24) is 4.90 Å². The highest BCUT2D eigenvalue weighted by Crippen LogP contribution is 2.29. The molecule has 2 heteroatoms. The molecule has 11 heavy (non-hydrogen) atoms. The molecule has 0 amide bonds. The molecule has 2 aliphatic rings. The van der Waals surface area contributed by atoms with E-state index >= 15 is 0 Å². The van der Waals surface area contributed by atoms with E-state index in [1.165, 1.54) is 19.6 Å². The normalized spacial score (nSPS) is 39.8. The molecule has 2 nitrogen and oxygen atoms in total. The molecule has 2 fully saturated rings. The first kappa shape index (κ1) is 7.56. The maximum absolute atomic E-state index is 9.06. The van der Waals surface area contributed by atoms with Gasteiger partial charge in [-0.3, -0.25) is 0 Å². The first-order valence-corrected chi connectivity index (χ1v) is 4.64. The number of hydrogen-bond acceptors (Lipinski definition) is 2. The second-order valence-corrected chi connectivity index (χ2v) is 4.31. The monoisotopic (exact) mass is 155 g/mol. The highest BCUT2D eigenvalue weighted by atomic mass is 16.3. The number of aliphatic hydroxyl groups is 1. The Kier molecular flexibility index (Phi) is 1.90. The van der Waals surface area contributed by atoms with E-state index in [4.69, 9.17) is 5.11 Å². The summed E-state index contributed by atoms with van der Waals surface area (Å²) < 4.78 is 0. The lowest BCUT2D eigenvalue weighted by molar-refractivity contribution is 0.00132. The zero-order valence-electron chi connectivity index (χ0n) is 7.16. The van der Waals surface area contributed by atoms with Gasteiger partial charge in [0.1, 0.15) is 0 Å². The Morgan fingerprint density at radius 1 is 1.36 bits per heavy atom. The fourth-order valence-corrected chi connectivity index (χ4v) is 2.19. The highest BCUT2D eigenvalue weighted by Gasteiger charge is 2.31. The Morgan fingerprint density at radius 3 is 2.45 bits per heavy atom. The molecule has 1 heterocycles. The molecule has 0 unspecified atom stereocenters. The third-order valence-electron chi connectivity index (χ3n) is 2.87. The summed E-state index contributed by atoms with van der Waals surface area (Å²) >= 11 is 0. The van der Waals surface area contributed by atoms with Gasteiger partial charge in [-0.2, -0.15) is 0 Å². The SMILES string of the molecule is CC1CN(CC2CC(O)C2)C1. The van der Waals surface area contributed by atoms with E-state index in [2.05, 4.69) is 11.8 Å². The van der Waals surface area contributed by atoms with E-state index in [-0.39, 0.29) is 6.10 Å². The molecular formula is C9H17NO. The van der Waals surface area contributed by atoms with Crippen LogP contribution in [0.2, 0.25) is 0 Å². The first-order chi connectivity index (χ1) is 5.24. The molecule has 0 atom stereocenters. The Balaban J connectivity index is 1.61. The predicted octanol–water partition coefficient (Wildman–Crippen LogP) is 0.709. The van der Waals surface area contributed by atoms with E-state index in [0.29, 0.717) is 0 Å². The van der Waals surface area contributed by atoms with Gasteiger partial charge in [0.05, 0.1) is 6.10 Å². The van der Waals surface area contributed by atoms with Gasteiger partial charge < -0.3 is 10.0 Å². The van der Waals surface area contributed by atoms with Crippen molar-refractivity contribution in [3.63, 3.8) is 0 Å². The van der Waals surface area contributed by atoms with Crippen LogP contribution in [0.3, 0.4) is 0 Å². The quantitative estimate of drug-likeness (QED) is 0.635. The van der Waals surface area contributed by atoms with Crippen LogP contribution in [0.4, 0.5) is 0 Å². The first-order valence-electron chi connectivity index (χ1n) is 4.64. The van der Waals surface area contributed by atoms with E-state index in [1.54, 1.807) is 0 Å². The minimum atomic E-state index is 0.0266. The Labute approximate surface area is 68.2 Å². The van der Waals surface area contributed by atoms with Crippen molar-refractivity contribution < 1.29 is 5.11 Å². The van der Waals surface area contributed by atoms with Crippen LogP contribution >= 0.6 is 0 Å². The van der Waals surface area contributed by atoms with Gasteiger partial charge in [-0.05, 0) is 24.7 Å². The van der Waals surface area contributed by atoms with Crippen molar-refractivity contribution in [2.75, 3.05) is 19.6 Å². The fraction of sp³-hybridized carbons (Fsp3) is 1.00. The van der Waals surface area contributed by atoms with E-state index in [0.717, 1.165) is 24.7 Å². The van der Waals surface area contributed by atoms with Crippen LogP contribution in [-0.4, -0.2) is 35.7 Å². The van der Waals surface area contributed by atoms with Gasteiger partial charge in [-0.25, -0.2) is 0 Å². The zero-order chi connectivity index (χ0) is 7.84. The maximum Gasteiger partial charge on any atom is 0.0546 e. The number of nitrogens with zero attached hydrogens (tertiary/aromatic N) is 1. The van der Waals surface area contributed by atoms with Gasteiger partial charge in [0.25, 0.3) is 0 Å². The lowest BCUT2D eigenvalue weighted by Gasteiger charge is -2.42. The Bertz CT molecular complexity index is 120. The largest absolute Gasteiger partial charge is 0.393 e. The molecule has 1 saturated carbocycles. The molecular weight excluding hydrogens is 138 g/mol. The lowest BCUT2D eigenvalue weighted by atomic mass is 9.81. The summed E-state index contributed by atoms with van der Waals surface area (Å²) in [6, 6.07) is 0. The Hall–Kier alpha value is -0.0800. The maximum atomic E-state index is 9.06. The summed E-state index contributed by atoms with van der Waals surface area (Å²) in [6.45, 7) is 6.10. The van der Waals surface area contributed by atoms with Gasteiger partial charge >= 0.3 is 0 Å². The number of likely N-dealkylation sites (tertiary alicyclic amines) is 1. The predicted molar refractivity (Wildman–Crippen MR) is 44.3 cm³/mol. The molecule has 0 aromatic rings. The molecule has 0 radical (unpaired) electrons. The summed E-state index contributed by atoms with van der Waals surface area (Å²) in [7, 11) is 0. The molecule has 0 aromatic heterocycles. The molecule has 2 rings (SSSR count). The van der Waals surface area contributed by atoms with Gasteiger partial charge in [0.2, 0.25) is 0 Å². The van der Waals surface area contributed by atoms with Crippen LogP contribution in [0.1, 0.15) is 19.8 Å². The van der Waals surface area contributed by atoms with Crippen LogP contribution in [0.25, 0.3) is 0 Å². The van der Waals surface area contributed by atoms with Crippen molar-refractivity contribution in [3.05, 3.63) is 0 Å². The summed E-state index contributed by atoms with van der Waals surface area (Å²) in [5.41, 5.74) is 0. The zero-order valence-corrected chi connectivity index (χ0v) is 7.16. The number of hydrogen-bond donors (Lipinski definition) is 1. The third-order valence-corrected chi connectivity index (χ3v) is 2.87. The minimum Gasteiger partial charge on any atom is -0.393 e. The van der Waals surface area contributed by atoms with E-state index < -0.39 is 0 Å². The molecule has 1 aliphatic heterocycles. The van der Waals surface area contributed by atoms with Gasteiger partial charge in [0.15, 0.2) is 0 Å². The molecule has 1 saturated heterocycles. The fourth-order valence-electron chi connectivity index (χ4n) is 2.19. The molecule has 0 aromatic carbocycles. The topological polar surface area (TPSA) is 23.5 Å². The number of rotatable bonds is 2. The summed E-state index contributed by atoms with van der Waals surface area (Å²) in [5, 5.41) is 9.06. The minimum absolute atomic E-state index is 0.0266. The van der Waals surface area contributed by atoms with Crippen LogP contribution in [-0.2, 0) is 0 Å². The van der Waals surface area contributed by atoms with Crippen molar-refractivity contribution >= 4 is 0 Å². The smallest absolute Gasteiger partial charge is 0.0546 e. The average Bonchev–Trinajstić information content (AvgIpc) is 1.81. The molecule has 1 aliphatic carbocycles. The second-order valence-electron chi connectivity index (χ2n) is 4.31. The molecule has 64 valence electrons. The average molecular weight is 155 g/mol. The van der Waals surface area contributed by atoms with Crippen molar-refractivity contribution in [1.29, 1.82) is 0 Å². The van der Waals surface area contributed by atoms with E-state index in [9.17, 15) is 0 Å². The van der Waals surface area contributed by atoms with Gasteiger partial charge in [-0.1, -0.05) is 6.92 Å². The van der Waals surface area contributed by atoms with Crippen molar-refractivity contribution in [3.8, 4) is 0 Å². The van der Waals surface area contributed by atoms with Crippen molar-refractivity contribution in [2.45, 2.75) is 25.9 Å². The molecule has 0 bridgehead atoms. The second kappa shape index (κ2) is 2.76. The molecule has 0 spiro atoms. The van der Waals surface area contributed by atoms with Gasteiger partial charge in [-0.15, -0.1) is 0 Å². The lowest BCUT2D eigenvalue weighted by Crippen LogP contribution is -2.49. The van der Waals surface area contributed by atoms with Crippen LogP contribution < -0.4 is 0 Å². The summed E-state index contributed by atoms with van der Waals surface area (Å²) in [5.74, 6) is 1.72. The molecule has 1 N–H and O–H groups in total. The summed E-state index contributed by atoms with van der Waals surface area (Å²) in [6.07, 6.45) is 2.12. The highest BCUT2D eigenvalue weighted by molar-refractivity contribution is 4.85. The summed E-state index contributed by atoms with van der Waals surface area (Å²) in [4.78, 5) is 2.50. The Morgan fingerprint density at radius 2 is 2.00 bits per heavy atom. The van der Waals surface area contributed by atoms with Crippen LogP contribution in [0, 0.1) is 11.8 Å². The van der Waals surface area contributed by atoms with Crippen LogP contribution in [0.15, 0.2) is 0 Å². The standard InChI is InChI=1S/C9H17NO/c1-7-4-10(5-7)6-8-2-9(11)3-8/h7-9,11H,2-6H2,1H3. The van der Waals surface area contributed by atoms with E-state index in [1.807, 2.05) is 0 Å². The van der Waals surface area contributed by atoms with Crippen LogP contribution in [0.5, 0.6) is 0 Å². The van der Waals surface area contributed by atoms with Crippen molar-refractivity contribution in [2.24, 2.45) is 11.8 Å². The van der Waals surface area contributed by atoms with Gasteiger partial charge in [0, 0.05) is 19.6 Å².